The summed E-state index contributed by atoms with van der Waals surface area (Å²) in [5.41, 5.74) is 8.92. The van der Waals surface area contributed by atoms with Crippen molar-refractivity contribution >= 4 is 99.3 Å². The fourth-order valence-electron chi connectivity index (χ4n) is 8.51. The van der Waals surface area contributed by atoms with Crippen molar-refractivity contribution in [3.05, 3.63) is 170 Å². The van der Waals surface area contributed by atoms with Gasteiger partial charge in [0.2, 0.25) is 0 Å². The highest BCUT2D eigenvalue weighted by Crippen LogP contribution is 2.53. The number of para-hydroxylation sites is 3. The van der Waals surface area contributed by atoms with Gasteiger partial charge in [-0.2, -0.15) is 0 Å². The Hall–Kier alpha value is -7.24. The number of ether oxygens (including phenoxy) is 1. The second kappa shape index (κ2) is 10.6. The van der Waals surface area contributed by atoms with Gasteiger partial charge in [-0.1, -0.05) is 72.8 Å². The molecule has 0 unspecified atom stereocenters. The molecule has 0 amide bonds. The number of anilines is 6. The van der Waals surface area contributed by atoms with Crippen LogP contribution in [0.5, 0.6) is 11.5 Å². The van der Waals surface area contributed by atoms with Crippen molar-refractivity contribution in [3.63, 3.8) is 0 Å². The Labute approximate surface area is 303 Å². The van der Waals surface area contributed by atoms with Crippen LogP contribution in [0.25, 0.3) is 65.2 Å². The van der Waals surface area contributed by atoms with Gasteiger partial charge < -0.3 is 23.9 Å². The molecule has 9 aromatic carbocycles. The molecule has 0 bridgehead atoms. The predicted molar refractivity (Wildman–Crippen MR) is 219 cm³/mol. The van der Waals surface area contributed by atoms with Gasteiger partial charge in [-0.3, -0.25) is 0 Å². The normalized spacial score (nSPS) is 12.6. The van der Waals surface area contributed by atoms with Crippen LogP contribution in [-0.2, 0) is 0 Å². The minimum absolute atomic E-state index is 0.774. The van der Waals surface area contributed by atoms with Crippen LogP contribution >= 0.6 is 0 Å². The molecule has 1 aliphatic rings. The fraction of sp³-hybridized carbons (Fsp3) is 0. The van der Waals surface area contributed by atoms with Crippen molar-refractivity contribution in [2.24, 2.45) is 0 Å². The minimum Gasteiger partial charge on any atom is -0.456 e. The molecule has 0 radical (unpaired) electrons. The maximum Gasteiger partial charge on any atom is 0.153 e. The van der Waals surface area contributed by atoms with Crippen LogP contribution < -0.4 is 14.5 Å². The Morgan fingerprint density at radius 2 is 1.15 bits per heavy atom. The molecule has 2 aromatic heterocycles. The first-order chi connectivity index (χ1) is 26.2. The van der Waals surface area contributed by atoms with Crippen LogP contribution in [0.1, 0.15) is 0 Å². The molecule has 0 saturated carbocycles. The summed E-state index contributed by atoms with van der Waals surface area (Å²) in [7, 11) is 0. The van der Waals surface area contributed by atoms with E-state index >= 15 is 0 Å². The average molecular weight is 680 g/mol. The zero-order valence-electron chi connectivity index (χ0n) is 28.4. The maximum atomic E-state index is 6.75. The summed E-state index contributed by atoms with van der Waals surface area (Å²) in [6.45, 7) is 0. The summed E-state index contributed by atoms with van der Waals surface area (Å²) in [5, 5.41) is 10.9. The maximum absolute atomic E-state index is 6.75. The molecule has 0 saturated heterocycles. The van der Waals surface area contributed by atoms with Gasteiger partial charge in [-0.15, -0.1) is 0 Å². The summed E-state index contributed by atoms with van der Waals surface area (Å²) in [5.74, 6) is 1.57. The molecule has 1 N–H and O–H groups in total. The highest BCUT2D eigenvalue weighted by Gasteiger charge is 2.28. The van der Waals surface area contributed by atoms with E-state index in [9.17, 15) is 0 Å². The van der Waals surface area contributed by atoms with E-state index in [0.717, 1.165) is 78.5 Å². The molecule has 5 nitrogen and oxygen atoms in total. The van der Waals surface area contributed by atoms with E-state index in [-0.39, 0.29) is 0 Å². The highest BCUT2D eigenvalue weighted by molar-refractivity contribution is 6.24. The molecule has 5 heteroatoms. The average Bonchev–Trinajstić information content (AvgIpc) is 3.83. The minimum atomic E-state index is 0.774. The number of furan rings is 1. The van der Waals surface area contributed by atoms with E-state index < -0.39 is 0 Å². The monoisotopic (exact) mass is 679 g/mol. The third kappa shape index (κ3) is 4.19. The van der Waals surface area contributed by atoms with E-state index in [1.807, 2.05) is 30.5 Å². The number of rotatable bonds is 4. The first-order valence-electron chi connectivity index (χ1n) is 17.9. The Morgan fingerprint density at radius 3 is 2.04 bits per heavy atom. The molecule has 11 aromatic rings. The lowest BCUT2D eigenvalue weighted by Crippen LogP contribution is -2.17. The molecule has 248 valence electrons. The van der Waals surface area contributed by atoms with Crippen molar-refractivity contribution < 1.29 is 9.15 Å². The molecular formula is C48H29N3O2. The zero-order chi connectivity index (χ0) is 34.6. The van der Waals surface area contributed by atoms with Gasteiger partial charge in [0.1, 0.15) is 11.2 Å². The van der Waals surface area contributed by atoms with E-state index in [1.54, 1.807) is 0 Å². The molecule has 53 heavy (non-hydrogen) atoms. The van der Waals surface area contributed by atoms with Crippen LogP contribution in [0.15, 0.2) is 174 Å². The number of nitrogens with zero attached hydrogens (tertiary/aromatic N) is 2. The van der Waals surface area contributed by atoms with E-state index in [2.05, 4.69) is 154 Å². The van der Waals surface area contributed by atoms with Crippen LogP contribution in [-0.4, -0.2) is 4.98 Å². The summed E-state index contributed by atoms with van der Waals surface area (Å²) >= 11 is 0. The van der Waals surface area contributed by atoms with Crippen molar-refractivity contribution in [2.45, 2.75) is 0 Å². The molecule has 0 atom stereocenters. The number of aromatic nitrogens is 1. The van der Waals surface area contributed by atoms with Crippen molar-refractivity contribution in [2.75, 3.05) is 9.80 Å². The number of aromatic amines is 1. The highest BCUT2D eigenvalue weighted by atomic mass is 16.5. The number of nitrogens with one attached hydrogen (secondary N) is 1. The molecule has 12 rings (SSSR count). The lowest BCUT2D eigenvalue weighted by Gasteiger charge is -2.34. The standard InChI is InChI=1S/C48H29N3O2/c1-3-10-43-38(8-1)39-19-16-36(27-45(39)52-43)51-41-9-2-4-11-44(41)53-46-28-35(18-21-42(46)51)50(34-17-20-40-31(24-34)22-23-49-40)37-25-32-14-12-29-6-5-7-30-13-15-33(26-37)48(32)47(29)30/h1-28,49H. The smallest absolute Gasteiger partial charge is 0.153 e. The molecule has 0 aliphatic carbocycles. The summed E-state index contributed by atoms with van der Waals surface area (Å²) in [6, 6.07) is 58.3. The quantitative estimate of drug-likeness (QED) is 0.188. The second-order valence-electron chi connectivity index (χ2n) is 13.9. The summed E-state index contributed by atoms with van der Waals surface area (Å²) < 4.78 is 13.1. The third-order valence-corrected chi connectivity index (χ3v) is 10.9. The first-order valence-corrected chi connectivity index (χ1v) is 17.9. The summed E-state index contributed by atoms with van der Waals surface area (Å²) in [6.07, 6.45) is 1.99. The van der Waals surface area contributed by atoms with Crippen molar-refractivity contribution in [1.82, 2.24) is 4.98 Å². The van der Waals surface area contributed by atoms with Gasteiger partial charge in [0.05, 0.1) is 17.1 Å². The van der Waals surface area contributed by atoms with E-state index in [0.29, 0.717) is 0 Å². The van der Waals surface area contributed by atoms with Gasteiger partial charge in [0, 0.05) is 57.1 Å². The lowest BCUT2D eigenvalue weighted by atomic mass is 9.93. The first kappa shape index (κ1) is 28.5. The Balaban J connectivity index is 1.05. The van der Waals surface area contributed by atoms with Gasteiger partial charge in [-0.25, -0.2) is 0 Å². The van der Waals surface area contributed by atoms with E-state index in [4.69, 9.17) is 9.15 Å². The molecule has 1 aliphatic heterocycles. The number of hydrogen-bond acceptors (Lipinski definition) is 4. The fourth-order valence-corrected chi connectivity index (χ4v) is 8.51. The van der Waals surface area contributed by atoms with Gasteiger partial charge in [0.15, 0.2) is 11.5 Å². The molecular weight excluding hydrogens is 651 g/mol. The second-order valence-corrected chi connectivity index (χ2v) is 13.9. The largest absolute Gasteiger partial charge is 0.456 e. The van der Waals surface area contributed by atoms with Gasteiger partial charge in [0.25, 0.3) is 0 Å². The summed E-state index contributed by atoms with van der Waals surface area (Å²) in [4.78, 5) is 7.98. The molecule has 3 heterocycles. The Kier molecular flexibility index (Phi) is 5.71. The van der Waals surface area contributed by atoms with Crippen LogP contribution in [0.3, 0.4) is 0 Å². The van der Waals surface area contributed by atoms with Crippen LogP contribution in [0.4, 0.5) is 34.1 Å². The van der Waals surface area contributed by atoms with Gasteiger partial charge in [-0.05, 0) is 111 Å². The van der Waals surface area contributed by atoms with Crippen LogP contribution in [0, 0.1) is 0 Å². The Morgan fingerprint density at radius 1 is 0.453 bits per heavy atom. The number of benzene rings is 9. The number of H-pyrrole nitrogens is 1. The molecule has 0 fully saturated rings. The van der Waals surface area contributed by atoms with Crippen molar-refractivity contribution in [1.29, 1.82) is 0 Å². The lowest BCUT2D eigenvalue weighted by molar-refractivity contribution is 0.477. The van der Waals surface area contributed by atoms with E-state index in [1.165, 1.54) is 32.3 Å². The predicted octanol–water partition coefficient (Wildman–Crippen LogP) is 14.0. The number of fused-ring (bicyclic) bond motifs is 6. The number of hydrogen-bond donors (Lipinski definition) is 1. The Bertz CT molecular complexity index is 3180. The van der Waals surface area contributed by atoms with Crippen molar-refractivity contribution in [3.8, 4) is 11.5 Å². The third-order valence-electron chi connectivity index (χ3n) is 10.9. The van der Waals surface area contributed by atoms with Gasteiger partial charge >= 0.3 is 0 Å². The topological polar surface area (TPSA) is 44.6 Å². The molecule has 0 spiro atoms. The van der Waals surface area contributed by atoms with Crippen LogP contribution in [0.2, 0.25) is 0 Å². The zero-order valence-corrected chi connectivity index (χ0v) is 28.4. The SMILES string of the molecule is c1ccc2c(c1)Oc1cc(N(c3ccc4[nH]ccc4c3)c3cc4ccc5cccc6ccc(c3)c4c56)ccc1N2c1ccc2c(c1)oc1ccccc12.